The maximum atomic E-state index is 13.1. The lowest BCUT2D eigenvalue weighted by Crippen LogP contribution is -2.60. The Morgan fingerprint density at radius 2 is 1.32 bits per heavy atom. The summed E-state index contributed by atoms with van der Waals surface area (Å²) in [5, 5.41) is 28.4. The number of hydrogen-bond acceptors (Lipinski definition) is 11. The fourth-order valence-corrected chi connectivity index (χ4v) is 3.48. The number of nitrogens with zero attached hydrogens (tertiary/aromatic N) is 1. The van der Waals surface area contributed by atoms with Gasteiger partial charge in [0.05, 0.1) is 12.1 Å². The number of primary amides is 1. The highest BCUT2D eigenvalue weighted by Gasteiger charge is 2.33. The van der Waals surface area contributed by atoms with E-state index in [4.69, 9.17) is 28.0 Å². The van der Waals surface area contributed by atoms with Gasteiger partial charge >= 0.3 is 5.97 Å². The van der Waals surface area contributed by atoms with Gasteiger partial charge in [-0.05, 0) is 26.2 Å². The lowest BCUT2D eigenvalue weighted by Gasteiger charge is -2.27. The highest BCUT2D eigenvalue weighted by molar-refractivity contribution is 7.80. The van der Waals surface area contributed by atoms with Gasteiger partial charge in [-0.1, -0.05) is 0 Å². The average molecular weight is 610 g/mol. The predicted molar refractivity (Wildman–Crippen MR) is 151 cm³/mol. The Morgan fingerprint density at radius 1 is 0.800 bits per heavy atom. The lowest BCUT2D eigenvalue weighted by molar-refractivity contribution is -0.142. The van der Waals surface area contributed by atoms with Crippen molar-refractivity contribution in [3.63, 3.8) is 0 Å². The van der Waals surface area contributed by atoms with E-state index in [1.807, 2.05) is 0 Å². The van der Waals surface area contributed by atoms with Crippen molar-refractivity contribution in [2.45, 2.75) is 68.9 Å². The molecule has 40 heavy (non-hydrogen) atoms. The molecule has 0 unspecified atom stereocenters. The van der Waals surface area contributed by atoms with Gasteiger partial charge in [-0.2, -0.15) is 25.3 Å². The number of nitrogens with two attached hydrogens (primary N) is 4. The number of carbonyl (C=O) groups is 6. The number of aliphatic carboxylic acids is 1. The van der Waals surface area contributed by atoms with Crippen molar-refractivity contribution in [2.75, 3.05) is 18.1 Å². The first-order valence-corrected chi connectivity index (χ1v) is 13.3. The number of nitrogens with one attached hydrogen (secondary N) is 4. The van der Waals surface area contributed by atoms with Gasteiger partial charge in [-0.15, -0.1) is 0 Å². The van der Waals surface area contributed by atoms with Crippen LogP contribution < -0.4 is 44.2 Å². The van der Waals surface area contributed by atoms with Crippen LogP contribution in [0.5, 0.6) is 0 Å². The maximum Gasteiger partial charge on any atom is 0.327 e. The van der Waals surface area contributed by atoms with Crippen LogP contribution in [-0.2, 0) is 28.8 Å². The Morgan fingerprint density at radius 3 is 1.80 bits per heavy atom. The number of guanidine groups is 1. The van der Waals surface area contributed by atoms with Crippen molar-refractivity contribution >= 4 is 66.7 Å². The summed E-state index contributed by atoms with van der Waals surface area (Å²) in [4.78, 5) is 77.5. The molecule has 14 N–H and O–H groups in total. The number of thiol groups is 2. The van der Waals surface area contributed by atoms with Crippen LogP contribution in [0.2, 0.25) is 0 Å². The highest BCUT2D eigenvalue weighted by atomic mass is 32.1. The molecule has 0 aromatic carbocycles. The van der Waals surface area contributed by atoms with Crippen molar-refractivity contribution in [1.29, 1.82) is 0 Å². The summed E-state index contributed by atoms with van der Waals surface area (Å²) >= 11 is 7.79. The van der Waals surface area contributed by atoms with Crippen LogP contribution in [0.3, 0.4) is 0 Å². The van der Waals surface area contributed by atoms with E-state index in [0.717, 1.165) is 0 Å². The molecular formula is C21H39N9O8S2. The average Bonchev–Trinajstić information content (AvgIpc) is 2.87. The quantitative estimate of drug-likeness (QED) is 0.0284. The zero-order chi connectivity index (χ0) is 31.0. The van der Waals surface area contributed by atoms with E-state index in [2.05, 4.69) is 51.5 Å². The second-order valence-corrected chi connectivity index (χ2v) is 9.40. The van der Waals surface area contributed by atoms with E-state index in [9.17, 15) is 33.9 Å². The van der Waals surface area contributed by atoms with Gasteiger partial charge in [-0.3, -0.25) is 29.0 Å². The van der Waals surface area contributed by atoms with Gasteiger partial charge in [-0.25, -0.2) is 4.79 Å². The van der Waals surface area contributed by atoms with Gasteiger partial charge in [0, 0.05) is 24.5 Å². The molecule has 0 saturated carbocycles. The third-order valence-corrected chi connectivity index (χ3v) is 6.04. The summed E-state index contributed by atoms with van der Waals surface area (Å²) in [7, 11) is 0. The SMILES string of the molecule is C[C@@H](O)[C@H](NC(=O)[C@H](CCC(N)=O)NC(=O)[C@H](CCCN=C(N)N)NC(=O)[C@@H](N)CS)C(=O)N[C@@H](CS)C(=O)O. The van der Waals surface area contributed by atoms with Crippen LogP contribution in [0.4, 0.5) is 0 Å². The van der Waals surface area contributed by atoms with Gasteiger partial charge in [0.25, 0.3) is 0 Å². The van der Waals surface area contributed by atoms with E-state index in [-0.39, 0.29) is 49.7 Å². The molecule has 0 aromatic heterocycles. The minimum Gasteiger partial charge on any atom is -0.480 e. The molecule has 0 aliphatic carbocycles. The molecule has 0 heterocycles. The Bertz CT molecular complexity index is 934. The van der Waals surface area contributed by atoms with Gasteiger partial charge in [0.15, 0.2) is 5.96 Å². The number of aliphatic hydroxyl groups is 1. The minimum atomic E-state index is -1.63. The number of aliphatic imine (C=N–C) groups is 1. The van der Waals surface area contributed by atoms with Crippen molar-refractivity contribution in [1.82, 2.24) is 21.3 Å². The Kier molecular flexibility index (Phi) is 17.3. The summed E-state index contributed by atoms with van der Waals surface area (Å²) in [6.07, 6.45) is -1.88. The van der Waals surface area contributed by atoms with Crippen molar-refractivity contribution < 1.29 is 39.0 Å². The molecule has 0 rings (SSSR count). The number of carboxylic acid groups (broad SMARTS) is 1. The first kappa shape index (κ1) is 36.7. The molecule has 228 valence electrons. The normalized spacial score (nSPS) is 15.2. The van der Waals surface area contributed by atoms with Crippen LogP contribution >= 0.6 is 25.3 Å². The molecule has 0 saturated heterocycles. The molecule has 0 aliphatic heterocycles. The highest BCUT2D eigenvalue weighted by Crippen LogP contribution is 2.06. The molecule has 0 bridgehead atoms. The number of rotatable bonds is 19. The molecular weight excluding hydrogens is 570 g/mol. The van der Waals surface area contributed by atoms with Crippen LogP contribution in [0.1, 0.15) is 32.6 Å². The molecule has 0 aromatic rings. The van der Waals surface area contributed by atoms with E-state index >= 15 is 0 Å². The zero-order valence-corrected chi connectivity index (χ0v) is 23.7. The molecule has 17 nitrogen and oxygen atoms in total. The molecule has 0 spiro atoms. The zero-order valence-electron chi connectivity index (χ0n) is 21.9. The Balaban J connectivity index is 5.85. The Hall–Kier alpha value is -3.29. The number of carbonyl (C=O) groups excluding carboxylic acids is 5. The molecule has 0 radical (unpaired) electrons. The van der Waals surface area contributed by atoms with E-state index < -0.39 is 71.8 Å². The smallest absolute Gasteiger partial charge is 0.327 e. The summed E-state index contributed by atoms with van der Waals surface area (Å²) in [6, 6.07) is -6.75. The topological polar surface area (TPSA) is 307 Å². The summed E-state index contributed by atoms with van der Waals surface area (Å²) in [5.41, 5.74) is 21.4. The predicted octanol–water partition coefficient (Wildman–Crippen LogP) is -5.10. The summed E-state index contributed by atoms with van der Waals surface area (Å²) in [5.74, 6) is -6.21. The molecule has 0 aliphatic rings. The first-order chi connectivity index (χ1) is 18.6. The first-order valence-electron chi connectivity index (χ1n) is 12.1. The monoisotopic (exact) mass is 609 g/mol. The number of aliphatic hydroxyl groups excluding tert-OH is 1. The third kappa shape index (κ3) is 14.2. The van der Waals surface area contributed by atoms with Gasteiger partial charge in [0.1, 0.15) is 24.2 Å². The van der Waals surface area contributed by atoms with Crippen LogP contribution in [-0.4, -0.2) is 106 Å². The molecule has 19 heteroatoms. The summed E-state index contributed by atoms with van der Waals surface area (Å²) in [6.45, 7) is 1.30. The Labute approximate surface area is 241 Å². The standard InChI is InChI=1S/C21H39N9O8S2/c1-9(31)15(19(36)29-13(8-40)20(37)38)30-18(35)12(4-5-14(23)32)28-17(34)11(3-2-6-26-21(24)25)27-16(33)10(22)7-39/h9-13,15,31,39-40H,2-8,22H2,1H3,(H2,23,32)(H,27,33)(H,28,34)(H,29,36)(H,30,35)(H,37,38)(H4,24,25,26)/t9-,10+,11+,12+,13+,15+/m1/s1. The van der Waals surface area contributed by atoms with E-state index in [1.54, 1.807) is 0 Å². The number of carboxylic acids is 1. The van der Waals surface area contributed by atoms with Crippen molar-refractivity contribution in [3.05, 3.63) is 0 Å². The largest absolute Gasteiger partial charge is 0.480 e. The molecule has 6 atom stereocenters. The fourth-order valence-electron chi connectivity index (χ4n) is 3.07. The molecule has 0 fully saturated rings. The second kappa shape index (κ2) is 18.9. The third-order valence-electron chi connectivity index (χ3n) is 5.28. The number of amides is 5. The lowest BCUT2D eigenvalue weighted by atomic mass is 10.1. The molecule has 5 amide bonds. The summed E-state index contributed by atoms with van der Waals surface area (Å²) < 4.78 is 0. The van der Waals surface area contributed by atoms with E-state index in [0.29, 0.717) is 0 Å². The van der Waals surface area contributed by atoms with Crippen molar-refractivity contribution in [2.24, 2.45) is 27.9 Å². The van der Waals surface area contributed by atoms with Crippen LogP contribution in [0, 0.1) is 0 Å². The van der Waals surface area contributed by atoms with Crippen molar-refractivity contribution in [3.8, 4) is 0 Å². The van der Waals surface area contributed by atoms with Crippen LogP contribution in [0.25, 0.3) is 0 Å². The van der Waals surface area contributed by atoms with Gasteiger partial charge in [0.2, 0.25) is 29.5 Å². The number of hydrogen-bond donors (Lipinski definition) is 12. The van der Waals surface area contributed by atoms with Gasteiger partial charge < -0.3 is 54.4 Å². The second-order valence-electron chi connectivity index (χ2n) is 8.67. The van der Waals surface area contributed by atoms with Crippen LogP contribution in [0.15, 0.2) is 4.99 Å². The fraction of sp³-hybridized carbons (Fsp3) is 0.667. The minimum absolute atomic E-state index is 0.0173. The maximum absolute atomic E-state index is 13.1. The van der Waals surface area contributed by atoms with E-state index in [1.165, 1.54) is 6.92 Å².